The molecular formula is C17H29IN4O2. The van der Waals surface area contributed by atoms with Crippen LogP contribution in [-0.4, -0.2) is 38.5 Å². The molecule has 0 atom stereocenters. The molecule has 6 nitrogen and oxygen atoms in total. The molecule has 0 aromatic carbocycles. The van der Waals surface area contributed by atoms with Gasteiger partial charge in [0.05, 0.1) is 6.26 Å². The molecule has 0 unspecified atom stereocenters. The van der Waals surface area contributed by atoms with Gasteiger partial charge in [0.1, 0.15) is 0 Å². The van der Waals surface area contributed by atoms with Crippen LogP contribution in [0.5, 0.6) is 0 Å². The maximum Gasteiger partial charge on any atom is 0.287 e. The summed E-state index contributed by atoms with van der Waals surface area (Å²) in [5.41, 5.74) is 0.422. The van der Waals surface area contributed by atoms with Gasteiger partial charge in [-0.05, 0) is 36.8 Å². The van der Waals surface area contributed by atoms with Gasteiger partial charge in [0.25, 0.3) is 5.91 Å². The zero-order valence-electron chi connectivity index (χ0n) is 14.6. The number of guanidine groups is 1. The Morgan fingerprint density at radius 3 is 2.54 bits per heavy atom. The van der Waals surface area contributed by atoms with Gasteiger partial charge in [0, 0.05) is 26.7 Å². The van der Waals surface area contributed by atoms with Crippen molar-refractivity contribution in [1.29, 1.82) is 0 Å². The van der Waals surface area contributed by atoms with Crippen LogP contribution in [0.2, 0.25) is 0 Å². The molecule has 1 aromatic heterocycles. The first-order valence-electron chi connectivity index (χ1n) is 8.45. The number of hydrogen-bond donors (Lipinski definition) is 3. The van der Waals surface area contributed by atoms with Crippen molar-refractivity contribution < 1.29 is 9.21 Å². The molecular weight excluding hydrogens is 419 g/mol. The number of hydrogen-bond acceptors (Lipinski definition) is 3. The largest absolute Gasteiger partial charge is 0.459 e. The molecule has 1 aliphatic carbocycles. The number of carbonyl (C=O) groups is 1. The van der Waals surface area contributed by atoms with Crippen LogP contribution in [0.4, 0.5) is 0 Å². The molecule has 0 aliphatic heterocycles. The third-order valence-electron chi connectivity index (χ3n) is 4.72. The summed E-state index contributed by atoms with van der Waals surface area (Å²) in [7, 11) is 1.77. The van der Waals surface area contributed by atoms with Crippen molar-refractivity contribution in [3.8, 4) is 0 Å². The van der Waals surface area contributed by atoms with E-state index in [2.05, 4.69) is 27.9 Å². The van der Waals surface area contributed by atoms with Crippen LogP contribution in [0, 0.1) is 5.41 Å². The lowest BCUT2D eigenvalue weighted by atomic mass is 9.83. The van der Waals surface area contributed by atoms with Crippen LogP contribution in [0.25, 0.3) is 0 Å². The minimum atomic E-state index is -0.198. The van der Waals surface area contributed by atoms with Gasteiger partial charge in [0.15, 0.2) is 11.7 Å². The van der Waals surface area contributed by atoms with Crippen molar-refractivity contribution in [2.75, 3.05) is 26.7 Å². The van der Waals surface area contributed by atoms with Gasteiger partial charge < -0.3 is 20.4 Å². The van der Waals surface area contributed by atoms with E-state index in [0.29, 0.717) is 24.3 Å². The summed E-state index contributed by atoms with van der Waals surface area (Å²) in [5.74, 6) is 0.922. The lowest BCUT2D eigenvalue weighted by Gasteiger charge is -2.28. The Morgan fingerprint density at radius 1 is 1.25 bits per heavy atom. The molecule has 1 saturated carbocycles. The van der Waals surface area contributed by atoms with E-state index in [1.807, 2.05) is 0 Å². The fourth-order valence-electron chi connectivity index (χ4n) is 3.12. The SMILES string of the molecule is CCC1(CNC(=NC)NCCNC(=O)c2ccco2)CCCC1.I. The van der Waals surface area contributed by atoms with Crippen molar-refractivity contribution in [3.05, 3.63) is 24.2 Å². The summed E-state index contributed by atoms with van der Waals surface area (Å²) < 4.78 is 5.05. The van der Waals surface area contributed by atoms with Crippen molar-refractivity contribution in [2.45, 2.75) is 39.0 Å². The topological polar surface area (TPSA) is 78.7 Å². The number of halogens is 1. The fraction of sp³-hybridized carbons (Fsp3) is 0.647. The zero-order chi connectivity index (χ0) is 16.5. The van der Waals surface area contributed by atoms with Crippen LogP contribution >= 0.6 is 24.0 Å². The maximum atomic E-state index is 11.7. The molecule has 1 aliphatic rings. The molecule has 3 N–H and O–H groups in total. The smallest absolute Gasteiger partial charge is 0.287 e. The van der Waals surface area contributed by atoms with Gasteiger partial charge in [-0.2, -0.15) is 0 Å². The molecule has 1 fully saturated rings. The number of nitrogens with zero attached hydrogens (tertiary/aromatic N) is 1. The first-order valence-corrected chi connectivity index (χ1v) is 8.45. The van der Waals surface area contributed by atoms with Crippen LogP contribution in [0.3, 0.4) is 0 Å². The predicted molar refractivity (Wildman–Crippen MR) is 107 cm³/mol. The average molecular weight is 448 g/mol. The monoisotopic (exact) mass is 448 g/mol. The minimum Gasteiger partial charge on any atom is -0.459 e. The molecule has 0 spiro atoms. The Hall–Kier alpha value is -1.25. The zero-order valence-corrected chi connectivity index (χ0v) is 16.9. The summed E-state index contributed by atoms with van der Waals surface area (Å²) in [6.07, 6.45) is 7.96. The molecule has 7 heteroatoms. The highest BCUT2D eigenvalue weighted by Crippen LogP contribution is 2.40. The second-order valence-electron chi connectivity index (χ2n) is 6.15. The Balaban J connectivity index is 0.00000288. The standard InChI is InChI=1S/C17H28N4O2.HI/c1-3-17(8-4-5-9-17)13-21-16(18-2)20-11-10-19-15(22)14-7-6-12-23-14;/h6-7,12H,3-5,8-11,13H2,1-2H3,(H,19,22)(H2,18,20,21);1H. The Kier molecular flexibility index (Phi) is 9.17. The van der Waals surface area contributed by atoms with Gasteiger partial charge in [-0.1, -0.05) is 19.8 Å². The molecule has 1 heterocycles. The quantitative estimate of drug-likeness (QED) is 0.260. The Labute approximate surface area is 161 Å². The third-order valence-corrected chi connectivity index (χ3v) is 4.72. The first-order chi connectivity index (χ1) is 11.2. The van der Waals surface area contributed by atoms with Crippen LogP contribution < -0.4 is 16.0 Å². The van der Waals surface area contributed by atoms with E-state index in [9.17, 15) is 4.79 Å². The van der Waals surface area contributed by atoms with Crippen molar-refractivity contribution in [3.63, 3.8) is 0 Å². The fourth-order valence-corrected chi connectivity index (χ4v) is 3.12. The molecule has 0 radical (unpaired) electrons. The molecule has 0 bridgehead atoms. The number of carbonyl (C=O) groups excluding carboxylic acids is 1. The minimum absolute atomic E-state index is 0. The highest BCUT2D eigenvalue weighted by Gasteiger charge is 2.31. The van der Waals surface area contributed by atoms with E-state index in [0.717, 1.165) is 12.5 Å². The number of furan rings is 1. The number of nitrogens with one attached hydrogen (secondary N) is 3. The Bertz CT molecular complexity index is 511. The summed E-state index contributed by atoms with van der Waals surface area (Å²) in [6, 6.07) is 3.35. The molecule has 1 aromatic rings. The number of rotatable bonds is 7. The second-order valence-corrected chi connectivity index (χ2v) is 6.15. The van der Waals surface area contributed by atoms with Gasteiger partial charge in [0.2, 0.25) is 0 Å². The van der Waals surface area contributed by atoms with Gasteiger partial charge >= 0.3 is 0 Å². The van der Waals surface area contributed by atoms with Crippen molar-refractivity contribution >= 4 is 35.8 Å². The Morgan fingerprint density at radius 2 is 1.96 bits per heavy atom. The van der Waals surface area contributed by atoms with E-state index in [1.54, 1.807) is 19.2 Å². The highest BCUT2D eigenvalue weighted by atomic mass is 127. The lowest BCUT2D eigenvalue weighted by molar-refractivity contribution is 0.0926. The van der Waals surface area contributed by atoms with Gasteiger partial charge in [-0.3, -0.25) is 9.79 Å². The summed E-state index contributed by atoms with van der Waals surface area (Å²) in [4.78, 5) is 16.0. The summed E-state index contributed by atoms with van der Waals surface area (Å²) >= 11 is 0. The van der Waals surface area contributed by atoms with Crippen LogP contribution in [-0.2, 0) is 0 Å². The molecule has 1 amide bonds. The maximum absolute atomic E-state index is 11.7. The van der Waals surface area contributed by atoms with Crippen LogP contribution in [0.1, 0.15) is 49.6 Å². The first kappa shape index (κ1) is 20.8. The van der Waals surface area contributed by atoms with Gasteiger partial charge in [-0.15, -0.1) is 24.0 Å². The number of amides is 1. The average Bonchev–Trinajstić information content (AvgIpc) is 3.26. The second kappa shape index (κ2) is 10.6. The third kappa shape index (κ3) is 5.99. The van der Waals surface area contributed by atoms with Gasteiger partial charge in [-0.25, -0.2) is 0 Å². The van der Waals surface area contributed by atoms with Crippen molar-refractivity contribution in [2.24, 2.45) is 10.4 Å². The van der Waals surface area contributed by atoms with E-state index in [-0.39, 0.29) is 29.9 Å². The molecule has 0 saturated heterocycles. The van der Waals surface area contributed by atoms with Crippen molar-refractivity contribution in [1.82, 2.24) is 16.0 Å². The predicted octanol–water partition coefficient (Wildman–Crippen LogP) is 2.76. The van der Waals surface area contributed by atoms with E-state index in [1.165, 1.54) is 38.4 Å². The molecule has 2 rings (SSSR count). The lowest BCUT2D eigenvalue weighted by Crippen LogP contribution is -2.45. The van der Waals surface area contributed by atoms with E-state index in [4.69, 9.17) is 4.42 Å². The summed E-state index contributed by atoms with van der Waals surface area (Å²) in [5, 5.41) is 9.46. The highest BCUT2D eigenvalue weighted by molar-refractivity contribution is 14.0. The molecule has 136 valence electrons. The van der Waals surface area contributed by atoms with E-state index >= 15 is 0 Å². The van der Waals surface area contributed by atoms with E-state index < -0.39 is 0 Å². The normalized spacial score (nSPS) is 16.3. The van der Waals surface area contributed by atoms with Crippen LogP contribution in [0.15, 0.2) is 27.8 Å². The summed E-state index contributed by atoms with van der Waals surface area (Å²) in [6.45, 7) is 4.36. The molecule has 24 heavy (non-hydrogen) atoms. The number of aliphatic imine (C=N–C) groups is 1.